The van der Waals surface area contributed by atoms with E-state index >= 15 is 0 Å². The van der Waals surface area contributed by atoms with Crippen molar-refractivity contribution in [2.75, 3.05) is 5.32 Å². The minimum Gasteiger partial charge on any atom is -0.325 e. The van der Waals surface area contributed by atoms with Gasteiger partial charge in [0.25, 0.3) is 0 Å². The standard InChI is InChI=1S/C19H19N3O3S/c1-3-16(17(23)20-14-9-7-8-13(2)12-14)26-18-19(24)25-21-22(18)15-10-5-4-6-11-15/h4-12,16H,3H2,1-2H3,(H-,20,21,23,24)/p+1. The summed E-state index contributed by atoms with van der Waals surface area (Å²) in [4.78, 5) is 24.8. The van der Waals surface area contributed by atoms with Crippen molar-refractivity contribution in [3.05, 3.63) is 70.6 Å². The predicted octanol–water partition coefficient (Wildman–Crippen LogP) is 3.06. The smallest absolute Gasteiger partial charge is 0.325 e. The zero-order valence-corrected chi connectivity index (χ0v) is 15.4. The zero-order chi connectivity index (χ0) is 18.5. The third-order valence-corrected chi connectivity index (χ3v) is 5.23. The molecule has 1 atom stereocenters. The number of aromatic amines is 1. The quantitative estimate of drug-likeness (QED) is 0.516. The van der Waals surface area contributed by atoms with Crippen molar-refractivity contribution in [3.8, 4) is 5.69 Å². The van der Waals surface area contributed by atoms with E-state index in [2.05, 4.69) is 10.6 Å². The molecule has 0 bridgehead atoms. The lowest BCUT2D eigenvalue weighted by Crippen LogP contribution is -2.37. The van der Waals surface area contributed by atoms with Gasteiger partial charge in [-0.15, -0.1) is 0 Å². The van der Waals surface area contributed by atoms with E-state index < -0.39 is 10.9 Å². The molecule has 0 fully saturated rings. The number of benzene rings is 2. The molecule has 134 valence electrons. The monoisotopic (exact) mass is 370 g/mol. The summed E-state index contributed by atoms with van der Waals surface area (Å²) >= 11 is 1.19. The minimum absolute atomic E-state index is 0.150. The minimum atomic E-state index is -0.499. The highest BCUT2D eigenvalue weighted by Crippen LogP contribution is 2.23. The average molecular weight is 370 g/mol. The molecule has 0 aliphatic rings. The first-order valence-electron chi connectivity index (χ1n) is 8.31. The van der Waals surface area contributed by atoms with Gasteiger partial charge < -0.3 is 5.32 Å². The summed E-state index contributed by atoms with van der Waals surface area (Å²) in [6.07, 6.45) is 0.571. The Labute approximate surface area is 155 Å². The van der Waals surface area contributed by atoms with Crippen molar-refractivity contribution in [2.24, 2.45) is 0 Å². The van der Waals surface area contributed by atoms with Crippen LogP contribution in [-0.2, 0) is 4.79 Å². The molecule has 1 unspecified atom stereocenters. The van der Waals surface area contributed by atoms with Gasteiger partial charge in [0, 0.05) is 17.8 Å². The van der Waals surface area contributed by atoms with E-state index in [4.69, 9.17) is 4.52 Å². The van der Waals surface area contributed by atoms with Crippen LogP contribution in [-0.4, -0.2) is 16.4 Å². The van der Waals surface area contributed by atoms with E-state index in [1.54, 1.807) is 4.68 Å². The van der Waals surface area contributed by atoms with Crippen LogP contribution in [0.2, 0.25) is 0 Å². The molecule has 2 aromatic carbocycles. The highest BCUT2D eigenvalue weighted by Gasteiger charge is 2.30. The maximum Gasteiger partial charge on any atom is 0.442 e. The molecule has 0 spiro atoms. The Bertz CT molecular complexity index is 950. The van der Waals surface area contributed by atoms with E-state index in [0.717, 1.165) is 16.9 Å². The van der Waals surface area contributed by atoms with Gasteiger partial charge in [-0.3, -0.25) is 9.32 Å². The first kappa shape index (κ1) is 18.0. The number of hydrogen-bond acceptors (Lipinski definition) is 4. The Morgan fingerprint density at radius 2 is 2.00 bits per heavy atom. The van der Waals surface area contributed by atoms with E-state index in [0.29, 0.717) is 11.4 Å². The van der Waals surface area contributed by atoms with Crippen molar-refractivity contribution < 1.29 is 14.0 Å². The number of thioether (sulfide) groups is 1. The molecule has 6 nitrogen and oxygen atoms in total. The maximum atomic E-state index is 12.7. The molecule has 1 aromatic heterocycles. The summed E-state index contributed by atoms with van der Waals surface area (Å²) in [6.45, 7) is 3.88. The molecule has 0 radical (unpaired) electrons. The molecule has 2 N–H and O–H groups in total. The second-order valence-electron chi connectivity index (χ2n) is 5.83. The van der Waals surface area contributed by atoms with Crippen molar-refractivity contribution in [2.45, 2.75) is 30.5 Å². The molecule has 26 heavy (non-hydrogen) atoms. The van der Waals surface area contributed by atoms with Crippen molar-refractivity contribution in [3.63, 3.8) is 0 Å². The Balaban J connectivity index is 1.81. The summed E-state index contributed by atoms with van der Waals surface area (Å²) in [6, 6.07) is 16.9. The first-order valence-corrected chi connectivity index (χ1v) is 9.19. The van der Waals surface area contributed by atoms with Crippen molar-refractivity contribution >= 4 is 23.4 Å². The average Bonchev–Trinajstić information content (AvgIpc) is 3.00. The van der Waals surface area contributed by atoms with Crippen LogP contribution in [0.4, 0.5) is 5.69 Å². The van der Waals surface area contributed by atoms with Gasteiger partial charge in [0.05, 0.1) is 5.25 Å². The Hall–Kier alpha value is -2.80. The van der Waals surface area contributed by atoms with Crippen LogP contribution in [0.5, 0.6) is 0 Å². The molecule has 1 amide bonds. The fourth-order valence-electron chi connectivity index (χ4n) is 2.51. The second-order valence-corrected chi connectivity index (χ2v) is 7.02. The molecule has 0 aliphatic heterocycles. The van der Waals surface area contributed by atoms with Crippen LogP contribution in [0.3, 0.4) is 0 Å². The lowest BCUT2D eigenvalue weighted by Gasteiger charge is -2.12. The lowest BCUT2D eigenvalue weighted by atomic mass is 10.2. The van der Waals surface area contributed by atoms with E-state index in [-0.39, 0.29) is 5.91 Å². The molecular weight excluding hydrogens is 350 g/mol. The molecular formula is C19H20N3O3S+. The number of para-hydroxylation sites is 1. The van der Waals surface area contributed by atoms with Crippen LogP contribution in [0.25, 0.3) is 5.69 Å². The molecule has 7 heteroatoms. The van der Waals surface area contributed by atoms with E-state index in [1.165, 1.54) is 11.8 Å². The third-order valence-electron chi connectivity index (χ3n) is 3.82. The molecule has 0 saturated heterocycles. The van der Waals surface area contributed by atoms with E-state index in [9.17, 15) is 9.59 Å². The largest absolute Gasteiger partial charge is 0.442 e. The normalized spacial score (nSPS) is 11.9. The molecule has 1 heterocycles. The summed E-state index contributed by atoms with van der Waals surface area (Å²) in [5.41, 5.74) is 2.07. The number of aryl methyl sites for hydroxylation is 1. The van der Waals surface area contributed by atoms with Crippen LogP contribution in [0.1, 0.15) is 18.9 Å². The topological polar surface area (TPSA) is 79.0 Å². The fraction of sp³-hybridized carbons (Fsp3) is 0.211. The highest BCUT2D eigenvalue weighted by atomic mass is 32.2. The van der Waals surface area contributed by atoms with Crippen LogP contribution in [0, 0.1) is 6.92 Å². The summed E-state index contributed by atoms with van der Waals surface area (Å²) in [7, 11) is 0. The summed E-state index contributed by atoms with van der Waals surface area (Å²) in [5, 5.41) is 5.41. The molecule has 3 rings (SSSR count). The lowest BCUT2D eigenvalue weighted by molar-refractivity contribution is -0.704. The van der Waals surface area contributed by atoms with Gasteiger partial charge in [-0.25, -0.2) is 4.79 Å². The Morgan fingerprint density at radius 3 is 2.69 bits per heavy atom. The number of carbonyl (C=O) groups is 1. The summed E-state index contributed by atoms with van der Waals surface area (Å²) < 4.78 is 6.49. The number of amides is 1. The van der Waals surface area contributed by atoms with Gasteiger partial charge in [0.2, 0.25) is 11.6 Å². The van der Waals surface area contributed by atoms with Crippen LogP contribution >= 0.6 is 11.8 Å². The molecule has 0 aliphatic carbocycles. The van der Waals surface area contributed by atoms with Gasteiger partial charge in [-0.1, -0.05) is 37.3 Å². The van der Waals surface area contributed by atoms with Gasteiger partial charge in [-0.05, 0) is 52.8 Å². The molecule has 0 saturated carbocycles. The number of H-pyrrole nitrogens is 1. The fourth-order valence-corrected chi connectivity index (χ4v) is 3.50. The van der Waals surface area contributed by atoms with E-state index in [1.807, 2.05) is 68.4 Å². The Morgan fingerprint density at radius 1 is 1.23 bits per heavy atom. The first-order chi connectivity index (χ1) is 12.6. The van der Waals surface area contributed by atoms with Gasteiger partial charge >= 0.3 is 10.7 Å². The molecule has 3 aromatic rings. The number of anilines is 1. The van der Waals surface area contributed by atoms with Crippen LogP contribution < -0.4 is 15.6 Å². The van der Waals surface area contributed by atoms with Gasteiger partial charge in [0.1, 0.15) is 0 Å². The number of carbonyl (C=O) groups excluding carboxylic acids is 1. The number of rotatable bonds is 6. The van der Waals surface area contributed by atoms with Gasteiger partial charge in [0.15, 0.2) is 0 Å². The second kappa shape index (κ2) is 8.05. The van der Waals surface area contributed by atoms with Crippen LogP contribution in [0.15, 0.2) is 68.9 Å². The predicted molar refractivity (Wildman–Crippen MR) is 101 cm³/mol. The number of nitrogens with zero attached hydrogens (tertiary/aromatic N) is 1. The van der Waals surface area contributed by atoms with Gasteiger partial charge in [-0.2, -0.15) is 0 Å². The summed E-state index contributed by atoms with van der Waals surface area (Å²) in [5.74, 6) is -0.150. The third kappa shape index (κ3) is 4.05. The number of nitrogens with one attached hydrogen (secondary N) is 2. The SMILES string of the molecule is CCC(Sc1c(=O)o[nH][n+]1-c1ccccc1)C(=O)Nc1cccc(C)c1. The number of aromatic nitrogens is 2. The highest BCUT2D eigenvalue weighted by molar-refractivity contribution is 8.00. The zero-order valence-electron chi connectivity index (χ0n) is 14.6. The number of hydrogen-bond donors (Lipinski definition) is 2. The van der Waals surface area contributed by atoms with Crippen molar-refractivity contribution in [1.82, 2.24) is 5.27 Å². The maximum absolute atomic E-state index is 12.7. The Kier molecular flexibility index (Phi) is 5.58. The van der Waals surface area contributed by atoms with Crippen molar-refractivity contribution in [1.29, 1.82) is 0 Å².